The fourth-order valence-corrected chi connectivity index (χ4v) is 2.21. The van der Waals surface area contributed by atoms with E-state index in [0.717, 1.165) is 17.0 Å². The molecule has 2 aromatic rings. The van der Waals surface area contributed by atoms with Crippen LogP contribution in [-0.2, 0) is 16.1 Å². The quantitative estimate of drug-likeness (QED) is 0.671. The Hall–Kier alpha value is -2.08. The van der Waals surface area contributed by atoms with E-state index in [1.807, 2.05) is 36.4 Å². The number of halogens is 1. The van der Waals surface area contributed by atoms with E-state index in [4.69, 9.17) is 9.47 Å². The van der Waals surface area contributed by atoms with Crippen molar-refractivity contribution in [3.8, 4) is 5.75 Å². The first-order valence-electron chi connectivity index (χ1n) is 7.95. The summed E-state index contributed by atoms with van der Waals surface area (Å²) in [6, 6.07) is 15.6. The number of aryl methyl sites for hydroxylation is 1. The highest BCUT2D eigenvalue weighted by Gasteiger charge is 2.03. The standard InChI is InChI=1S/C19H24N2O3.ClH/c1-15-5-3-6-16(11-15)14-24-18-8-4-7-17(12-18)21-19(22)13-20-9-10-23-2;/h3-8,11-12,20H,9-10,13-14H2,1-2H3,(H,21,22);1H. The average Bonchev–Trinajstić information content (AvgIpc) is 2.57. The zero-order valence-electron chi connectivity index (χ0n) is 14.6. The highest BCUT2D eigenvalue weighted by molar-refractivity contribution is 5.92. The summed E-state index contributed by atoms with van der Waals surface area (Å²) in [6.07, 6.45) is 0. The Morgan fingerprint density at radius 3 is 2.68 bits per heavy atom. The van der Waals surface area contributed by atoms with Gasteiger partial charge in [0.05, 0.1) is 13.2 Å². The van der Waals surface area contributed by atoms with Crippen LogP contribution in [0.3, 0.4) is 0 Å². The number of hydrogen-bond acceptors (Lipinski definition) is 4. The van der Waals surface area contributed by atoms with Gasteiger partial charge >= 0.3 is 0 Å². The number of benzene rings is 2. The van der Waals surface area contributed by atoms with Crippen molar-refractivity contribution in [3.63, 3.8) is 0 Å². The lowest BCUT2D eigenvalue weighted by molar-refractivity contribution is -0.115. The molecule has 0 fully saturated rings. The molecule has 1 amide bonds. The molecule has 0 aliphatic carbocycles. The third-order valence-corrected chi connectivity index (χ3v) is 3.37. The van der Waals surface area contributed by atoms with E-state index in [9.17, 15) is 4.79 Å². The molecule has 0 unspecified atom stereocenters. The first-order valence-corrected chi connectivity index (χ1v) is 7.95. The van der Waals surface area contributed by atoms with Gasteiger partial charge in [-0.1, -0.05) is 35.9 Å². The summed E-state index contributed by atoms with van der Waals surface area (Å²) in [6.45, 7) is 4.02. The number of anilines is 1. The highest BCUT2D eigenvalue weighted by atomic mass is 35.5. The maximum atomic E-state index is 11.8. The van der Waals surface area contributed by atoms with Crippen molar-refractivity contribution < 1.29 is 14.3 Å². The second-order valence-electron chi connectivity index (χ2n) is 5.52. The summed E-state index contributed by atoms with van der Waals surface area (Å²) in [5.41, 5.74) is 3.04. The first kappa shape index (κ1) is 21.0. The van der Waals surface area contributed by atoms with Crippen molar-refractivity contribution in [1.82, 2.24) is 5.32 Å². The predicted octanol–water partition coefficient (Wildman–Crippen LogP) is 3.17. The Bertz CT molecular complexity index is 665. The van der Waals surface area contributed by atoms with Crippen molar-refractivity contribution in [2.75, 3.05) is 32.1 Å². The minimum absolute atomic E-state index is 0. The van der Waals surface area contributed by atoms with Gasteiger partial charge in [-0.2, -0.15) is 0 Å². The molecule has 136 valence electrons. The zero-order chi connectivity index (χ0) is 17.2. The van der Waals surface area contributed by atoms with Gasteiger partial charge in [0.2, 0.25) is 5.91 Å². The summed E-state index contributed by atoms with van der Waals surface area (Å²) in [5, 5.41) is 5.85. The molecule has 0 radical (unpaired) electrons. The molecule has 0 aromatic heterocycles. The van der Waals surface area contributed by atoms with Gasteiger partial charge in [0.1, 0.15) is 12.4 Å². The normalized spacial score (nSPS) is 10.0. The van der Waals surface area contributed by atoms with Crippen molar-refractivity contribution >= 4 is 24.0 Å². The molecule has 0 heterocycles. The number of carbonyl (C=O) groups excluding carboxylic acids is 1. The first-order chi connectivity index (χ1) is 11.7. The molecule has 25 heavy (non-hydrogen) atoms. The maximum Gasteiger partial charge on any atom is 0.238 e. The minimum Gasteiger partial charge on any atom is -0.489 e. The van der Waals surface area contributed by atoms with Gasteiger partial charge in [-0.15, -0.1) is 12.4 Å². The van der Waals surface area contributed by atoms with Crippen LogP contribution >= 0.6 is 12.4 Å². The fourth-order valence-electron chi connectivity index (χ4n) is 2.21. The molecule has 0 spiro atoms. The minimum atomic E-state index is -0.0954. The van der Waals surface area contributed by atoms with Crippen LogP contribution in [-0.4, -0.2) is 32.7 Å². The Balaban J connectivity index is 0.00000312. The lowest BCUT2D eigenvalue weighted by atomic mass is 10.1. The lowest BCUT2D eigenvalue weighted by Gasteiger charge is -2.10. The SMILES string of the molecule is COCCNCC(=O)Nc1cccc(OCc2cccc(C)c2)c1.Cl. The molecule has 2 N–H and O–H groups in total. The van der Waals surface area contributed by atoms with E-state index in [2.05, 4.69) is 29.7 Å². The van der Waals surface area contributed by atoms with Gasteiger partial charge in [0.15, 0.2) is 0 Å². The molecule has 0 aliphatic rings. The Kier molecular flexibility index (Phi) is 9.62. The predicted molar refractivity (Wildman–Crippen MR) is 103 cm³/mol. The summed E-state index contributed by atoms with van der Waals surface area (Å²) in [4.78, 5) is 11.8. The average molecular weight is 365 g/mol. The van der Waals surface area contributed by atoms with Crippen LogP contribution in [0.4, 0.5) is 5.69 Å². The lowest BCUT2D eigenvalue weighted by Crippen LogP contribution is -2.30. The summed E-state index contributed by atoms with van der Waals surface area (Å²) >= 11 is 0. The summed E-state index contributed by atoms with van der Waals surface area (Å²) in [5.74, 6) is 0.628. The van der Waals surface area contributed by atoms with E-state index in [0.29, 0.717) is 19.8 Å². The van der Waals surface area contributed by atoms with Crippen LogP contribution < -0.4 is 15.4 Å². The molecule has 0 bridgehead atoms. The van der Waals surface area contributed by atoms with Gasteiger partial charge in [-0.3, -0.25) is 4.79 Å². The van der Waals surface area contributed by atoms with Gasteiger partial charge in [0.25, 0.3) is 0 Å². The second-order valence-corrected chi connectivity index (χ2v) is 5.52. The molecule has 0 atom stereocenters. The molecular formula is C19H25ClN2O3. The van der Waals surface area contributed by atoms with Crippen LogP contribution in [0.1, 0.15) is 11.1 Å². The molecule has 5 nitrogen and oxygen atoms in total. The number of ether oxygens (including phenoxy) is 2. The van der Waals surface area contributed by atoms with Crippen LogP contribution in [0.15, 0.2) is 48.5 Å². The number of methoxy groups -OCH3 is 1. The molecule has 2 aromatic carbocycles. The van der Waals surface area contributed by atoms with Crippen molar-refractivity contribution in [3.05, 3.63) is 59.7 Å². The van der Waals surface area contributed by atoms with E-state index < -0.39 is 0 Å². The van der Waals surface area contributed by atoms with Gasteiger partial charge in [-0.25, -0.2) is 0 Å². The van der Waals surface area contributed by atoms with E-state index >= 15 is 0 Å². The molecule has 2 rings (SSSR count). The van der Waals surface area contributed by atoms with Crippen molar-refractivity contribution in [1.29, 1.82) is 0 Å². The number of amides is 1. The van der Waals surface area contributed by atoms with Crippen LogP contribution in [0.5, 0.6) is 5.75 Å². The van der Waals surface area contributed by atoms with Gasteiger partial charge in [-0.05, 0) is 24.6 Å². The molecule has 0 saturated carbocycles. The maximum absolute atomic E-state index is 11.8. The summed E-state index contributed by atoms with van der Waals surface area (Å²) in [7, 11) is 1.63. The second kappa shape index (κ2) is 11.5. The Morgan fingerprint density at radius 2 is 1.92 bits per heavy atom. The third-order valence-electron chi connectivity index (χ3n) is 3.37. The van der Waals surface area contributed by atoms with Crippen molar-refractivity contribution in [2.24, 2.45) is 0 Å². The molecule has 0 aliphatic heterocycles. The molecule has 6 heteroatoms. The smallest absolute Gasteiger partial charge is 0.238 e. The van der Waals surface area contributed by atoms with E-state index in [1.165, 1.54) is 5.56 Å². The number of carbonyl (C=O) groups is 1. The van der Waals surface area contributed by atoms with Crippen LogP contribution in [0.25, 0.3) is 0 Å². The Morgan fingerprint density at radius 1 is 1.12 bits per heavy atom. The van der Waals surface area contributed by atoms with Gasteiger partial charge < -0.3 is 20.1 Å². The monoisotopic (exact) mass is 364 g/mol. The Labute approximate surface area is 155 Å². The number of nitrogens with one attached hydrogen (secondary N) is 2. The van der Waals surface area contributed by atoms with E-state index in [1.54, 1.807) is 7.11 Å². The highest BCUT2D eigenvalue weighted by Crippen LogP contribution is 2.18. The number of hydrogen-bond donors (Lipinski definition) is 2. The van der Waals surface area contributed by atoms with Gasteiger partial charge in [0, 0.05) is 25.4 Å². The van der Waals surface area contributed by atoms with Crippen LogP contribution in [0, 0.1) is 6.92 Å². The van der Waals surface area contributed by atoms with Crippen LogP contribution in [0.2, 0.25) is 0 Å². The summed E-state index contributed by atoms with van der Waals surface area (Å²) < 4.78 is 10.7. The third kappa shape index (κ3) is 8.03. The topological polar surface area (TPSA) is 59.6 Å². The fraction of sp³-hybridized carbons (Fsp3) is 0.316. The zero-order valence-corrected chi connectivity index (χ0v) is 15.4. The van der Waals surface area contributed by atoms with Crippen molar-refractivity contribution in [2.45, 2.75) is 13.5 Å². The molecular weight excluding hydrogens is 340 g/mol. The largest absolute Gasteiger partial charge is 0.489 e. The van der Waals surface area contributed by atoms with E-state index in [-0.39, 0.29) is 24.9 Å². The number of rotatable bonds is 9. The molecule has 0 saturated heterocycles.